The molecule has 1 N–H and O–H groups in total. The molecular weight excluding hydrogens is 302 g/mol. The summed E-state index contributed by atoms with van der Waals surface area (Å²) in [5, 5.41) is 7.29. The highest BCUT2D eigenvalue weighted by Gasteiger charge is 2.20. The summed E-state index contributed by atoms with van der Waals surface area (Å²) < 4.78 is 1.98. The van der Waals surface area contributed by atoms with Crippen LogP contribution < -0.4 is 5.32 Å². The largest absolute Gasteiger partial charge is 0.352 e. The number of hydrogen-bond acceptors (Lipinski definition) is 4. The van der Waals surface area contributed by atoms with Gasteiger partial charge in [-0.1, -0.05) is 0 Å². The molecule has 6 heteroatoms. The van der Waals surface area contributed by atoms with Crippen molar-refractivity contribution < 1.29 is 4.79 Å². The van der Waals surface area contributed by atoms with E-state index >= 15 is 0 Å². The summed E-state index contributed by atoms with van der Waals surface area (Å²) in [6.07, 6.45) is 10.6. The Labute approximate surface area is 142 Å². The van der Waals surface area contributed by atoms with Gasteiger partial charge in [0.2, 0.25) is 0 Å². The number of pyridine rings is 1. The van der Waals surface area contributed by atoms with Crippen LogP contribution >= 0.6 is 0 Å². The van der Waals surface area contributed by atoms with Crippen molar-refractivity contribution in [2.45, 2.75) is 25.8 Å². The lowest BCUT2D eigenvalue weighted by Gasteiger charge is -2.32. The molecule has 0 aliphatic carbocycles. The Kier molecular flexibility index (Phi) is 5.96. The number of piperidine rings is 1. The van der Waals surface area contributed by atoms with Crippen molar-refractivity contribution in [3.05, 3.63) is 48.5 Å². The minimum absolute atomic E-state index is 0.0288. The molecule has 1 fully saturated rings. The summed E-state index contributed by atoms with van der Waals surface area (Å²) >= 11 is 0. The van der Waals surface area contributed by atoms with Crippen LogP contribution in [0.15, 0.2) is 43.0 Å². The molecule has 0 saturated carbocycles. The summed E-state index contributed by atoms with van der Waals surface area (Å²) in [7, 11) is 0. The maximum absolute atomic E-state index is 12.1. The van der Waals surface area contributed by atoms with E-state index in [1.165, 1.54) is 12.8 Å². The molecule has 6 nitrogen and oxygen atoms in total. The van der Waals surface area contributed by atoms with Crippen molar-refractivity contribution in [1.29, 1.82) is 0 Å². The topological polar surface area (TPSA) is 63.1 Å². The Morgan fingerprint density at radius 1 is 1.29 bits per heavy atom. The van der Waals surface area contributed by atoms with Crippen molar-refractivity contribution in [3.8, 4) is 0 Å². The van der Waals surface area contributed by atoms with Crippen LogP contribution in [-0.4, -0.2) is 51.8 Å². The smallest absolute Gasteiger partial charge is 0.252 e. The number of carbonyl (C=O) groups is 1. The second-order valence-corrected chi connectivity index (χ2v) is 6.38. The average molecular weight is 327 g/mol. The Hall–Kier alpha value is -2.21. The highest BCUT2D eigenvalue weighted by atomic mass is 16.1. The molecule has 1 aliphatic heterocycles. The maximum atomic E-state index is 12.1. The van der Waals surface area contributed by atoms with Gasteiger partial charge >= 0.3 is 0 Å². The van der Waals surface area contributed by atoms with Crippen LogP contribution in [0.5, 0.6) is 0 Å². The van der Waals surface area contributed by atoms with E-state index in [4.69, 9.17) is 0 Å². The third kappa shape index (κ3) is 4.89. The van der Waals surface area contributed by atoms with Gasteiger partial charge in [-0.2, -0.15) is 5.10 Å². The summed E-state index contributed by atoms with van der Waals surface area (Å²) in [5.41, 5.74) is 0.629. The third-order valence-electron chi connectivity index (χ3n) is 4.50. The fraction of sp³-hybridized carbons (Fsp3) is 0.500. The Balaban J connectivity index is 1.38. The van der Waals surface area contributed by atoms with Gasteiger partial charge in [0.05, 0.1) is 5.56 Å². The highest BCUT2D eigenvalue weighted by molar-refractivity contribution is 5.93. The number of nitrogens with zero attached hydrogens (tertiary/aromatic N) is 4. The van der Waals surface area contributed by atoms with E-state index in [0.29, 0.717) is 11.5 Å². The van der Waals surface area contributed by atoms with E-state index in [9.17, 15) is 4.79 Å². The van der Waals surface area contributed by atoms with Gasteiger partial charge in [-0.3, -0.25) is 14.5 Å². The number of amides is 1. The van der Waals surface area contributed by atoms with E-state index in [2.05, 4.69) is 20.3 Å². The third-order valence-corrected chi connectivity index (χ3v) is 4.50. The second kappa shape index (κ2) is 8.59. The highest BCUT2D eigenvalue weighted by Crippen LogP contribution is 2.16. The van der Waals surface area contributed by atoms with Crippen LogP contribution in [0.1, 0.15) is 29.6 Å². The van der Waals surface area contributed by atoms with Gasteiger partial charge in [0.15, 0.2) is 0 Å². The molecule has 2 aromatic rings. The van der Waals surface area contributed by atoms with Gasteiger partial charge in [-0.25, -0.2) is 0 Å². The lowest BCUT2D eigenvalue weighted by Crippen LogP contribution is -2.41. The summed E-state index contributed by atoms with van der Waals surface area (Å²) in [5.74, 6) is 0.503. The molecule has 128 valence electrons. The first-order chi connectivity index (χ1) is 11.8. The molecule has 1 amide bonds. The van der Waals surface area contributed by atoms with Gasteiger partial charge < -0.3 is 10.2 Å². The molecule has 2 aromatic heterocycles. The molecule has 24 heavy (non-hydrogen) atoms. The molecule has 0 aromatic carbocycles. The van der Waals surface area contributed by atoms with Gasteiger partial charge in [-0.15, -0.1) is 0 Å². The zero-order valence-corrected chi connectivity index (χ0v) is 14.0. The van der Waals surface area contributed by atoms with Crippen LogP contribution in [0.4, 0.5) is 0 Å². The number of carbonyl (C=O) groups excluding carboxylic acids is 1. The average Bonchev–Trinajstić information content (AvgIpc) is 3.14. The van der Waals surface area contributed by atoms with Gasteiger partial charge in [0.25, 0.3) is 5.91 Å². The molecular formula is C18H25N5O. The fourth-order valence-electron chi connectivity index (χ4n) is 3.25. The Bertz CT molecular complexity index is 614. The summed E-state index contributed by atoms with van der Waals surface area (Å²) in [4.78, 5) is 18.6. The number of nitrogens with one attached hydrogen (secondary N) is 1. The van der Waals surface area contributed by atoms with E-state index < -0.39 is 0 Å². The van der Waals surface area contributed by atoms with Crippen molar-refractivity contribution in [3.63, 3.8) is 0 Å². The fourth-order valence-corrected chi connectivity index (χ4v) is 3.25. The van der Waals surface area contributed by atoms with E-state index in [1.54, 1.807) is 24.5 Å². The van der Waals surface area contributed by atoms with Gasteiger partial charge in [0, 0.05) is 44.4 Å². The van der Waals surface area contributed by atoms with Crippen molar-refractivity contribution in [2.24, 2.45) is 5.92 Å². The van der Waals surface area contributed by atoms with E-state index in [-0.39, 0.29) is 5.91 Å². The van der Waals surface area contributed by atoms with Crippen LogP contribution in [0.3, 0.4) is 0 Å². The lowest BCUT2D eigenvalue weighted by atomic mass is 9.97. The second-order valence-electron chi connectivity index (χ2n) is 6.38. The van der Waals surface area contributed by atoms with Crippen molar-refractivity contribution in [1.82, 2.24) is 25.0 Å². The van der Waals surface area contributed by atoms with Crippen LogP contribution in [0.2, 0.25) is 0 Å². The SMILES string of the molecule is O=C(NCC1CCCN(CCCn2cccn2)C1)c1cccnc1. The first kappa shape index (κ1) is 16.6. The molecule has 1 atom stereocenters. The molecule has 3 rings (SSSR count). The molecule has 3 heterocycles. The quantitative estimate of drug-likeness (QED) is 0.842. The minimum Gasteiger partial charge on any atom is -0.352 e. The van der Waals surface area contributed by atoms with E-state index in [0.717, 1.165) is 39.1 Å². The molecule has 0 spiro atoms. The molecule has 0 radical (unpaired) electrons. The van der Waals surface area contributed by atoms with Gasteiger partial charge in [-0.05, 0) is 56.5 Å². The number of aromatic nitrogens is 3. The first-order valence-corrected chi connectivity index (χ1v) is 8.69. The van der Waals surface area contributed by atoms with E-state index in [1.807, 2.05) is 23.1 Å². The Morgan fingerprint density at radius 3 is 3.04 bits per heavy atom. The minimum atomic E-state index is -0.0288. The lowest BCUT2D eigenvalue weighted by molar-refractivity contribution is 0.0931. The number of rotatable bonds is 7. The first-order valence-electron chi connectivity index (χ1n) is 8.69. The number of likely N-dealkylation sites (tertiary alicyclic amines) is 1. The molecule has 1 unspecified atom stereocenters. The van der Waals surface area contributed by atoms with Crippen molar-refractivity contribution >= 4 is 5.91 Å². The maximum Gasteiger partial charge on any atom is 0.252 e. The predicted octanol–water partition coefficient (Wildman–Crippen LogP) is 1.81. The van der Waals surface area contributed by atoms with Crippen LogP contribution in [0.25, 0.3) is 0 Å². The van der Waals surface area contributed by atoms with Gasteiger partial charge in [0.1, 0.15) is 0 Å². The molecule has 0 bridgehead atoms. The predicted molar refractivity (Wildman–Crippen MR) is 92.6 cm³/mol. The monoisotopic (exact) mass is 327 g/mol. The van der Waals surface area contributed by atoms with Crippen molar-refractivity contribution in [2.75, 3.05) is 26.2 Å². The zero-order valence-electron chi connectivity index (χ0n) is 14.0. The molecule has 1 aliphatic rings. The molecule has 1 saturated heterocycles. The summed E-state index contributed by atoms with van der Waals surface area (Å²) in [6, 6.07) is 5.55. The summed E-state index contributed by atoms with van der Waals surface area (Å²) in [6.45, 7) is 5.01. The zero-order chi connectivity index (χ0) is 16.6. The van der Waals surface area contributed by atoms with Crippen LogP contribution in [-0.2, 0) is 6.54 Å². The normalized spacial score (nSPS) is 18.4. The standard InChI is InChI=1S/C18H25N5O/c24-18(17-6-1-7-19-14-17)20-13-16-5-2-9-22(15-16)10-4-12-23-11-3-8-21-23/h1,3,6-8,11,14,16H,2,4-5,9-10,12-13,15H2,(H,20,24). The number of aryl methyl sites for hydroxylation is 1. The Morgan fingerprint density at radius 2 is 2.25 bits per heavy atom. The van der Waals surface area contributed by atoms with Crippen LogP contribution in [0, 0.1) is 5.92 Å². The number of hydrogen-bond donors (Lipinski definition) is 1.